The first-order valence-electron chi connectivity index (χ1n) is 3.53. The lowest BCUT2D eigenvalue weighted by atomic mass is 10.1. The van der Waals surface area contributed by atoms with Crippen LogP contribution >= 0.6 is 0 Å². The van der Waals surface area contributed by atoms with Crippen LogP contribution in [0, 0.1) is 10.1 Å². The van der Waals surface area contributed by atoms with Crippen molar-refractivity contribution in [1.29, 1.82) is 0 Å². The molecule has 0 aliphatic heterocycles. The number of hydrogen-bond donors (Lipinski definition) is 0. The van der Waals surface area contributed by atoms with Crippen molar-refractivity contribution in [1.82, 2.24) is 0 Å². The summed E-state index contributed by atoms with van der Waals surface area (Å²) in [7, 11) is 0. The van der Waals surface area contributed by atoms with Gasteiger partial charge in [-0.2, -0.15) is 5.11 Å². The summed E-state index contributed by atoms with van der Waals surface area (Å²) in [6.45, 7) is 0. The average molecular weight is 166 g/mol. The second-order valence-electron chi connectivity index (χ2n) is 2.43. The number of benzene rings is 1. The van der Waals surface area contributed by atoms with E-state index in [1.54, 1.807) is 30.3 Å². The fourth-order valence-corrected chi connectivity index (χ4v) is 0.890. The molecule has 0 aromatic heterocycles. The maximum Gasteiger partial charge on any atom is 0.346 e. The van der Waals surface area contributed by atoms with Gasteiger partial charge >= 0.3 is 6.23 Å². The van der Waals surface area contributed by atoms with Crippen LogP contribution in [0.2, 0.25) is 0 Å². The summed E-state index contributed by atoms with van der Waals surface area (Å²) in [5.41, 5.74) is 0.703. The third-order valence-electron chi connectivity index (χ3n) is 1.49. The molecular weight excluding hydrogens is 158 g/mol. The van der Waals surface area contributed by atoms with Gasteiger partial charge in [-0.25, -0.2) is 0 Å². The summed E-state index contributed by atoms with van der Waals surface area (Å²) in [5.74, 6) is 0. The molecule has 1 unspecified atom stereocenters. The molecule has 0 aliphatic rings. The lowest BCUT2D eigenvalue weighted by molar-refractivity contribution is -0.580. The second-order valence-corrected chi connectivity index (χ2v) is 2.43. The molecule has 0 amide bonds. The van der Waals surface area contributed by atoms with Crippen LogP contribution in [0.5, 0.6) is 0 Å². The Balaban J connectivity index is 2.58. The molecule has 0 bridgehead atoms. The van der Waals surface area contributed by atoms with E-state index in [4.69, 9.17) is 0 Å². The van der Waals surface area contributed by atoms with Crippen molar-refractivity contribution >= 4 is 0 Å². The highest BCUT2D eigenvalue weighted by molar-refractivity contribution is 5.14. The standard InChI is InChI=1S/C8H8NO3/c10-8(9(11)12)6-7-4-2-1-3-5-7/h1-5,8H,6H2. The average Bonchev–Trinajstić information content (AvgIpc) is 2.06. The summed E-state index contributed by atoms with van der Waals surface area (Å²) in [6, 6.07) is 8.71. The molecule has 1 atom stereocenters. The second kappa shape index (κ2) is 3.82. The Kier molecular flexibility index (Phi) is 2.76. The molecule has 4 nitrogen and oxygen atoms in total. The van der Waals surface area contributed by atoms with Gasteiger partial charge in [-0.1, -0.05) is 30.3 Å². The Hall–Kier alpha value is -1.42. The van der Waals surface area contributed by atoms with Gasteiger partial charge in [0.25, 0.3) is 0 Å². The van der Waals surface area contributed by atoms with Gasteiger partial charge in [-0.05, 0) is 5.56 Å². The van der Waals surface area contributed by atoms with Gasteiger partial charge in [0.05, 0.1) is 11.3 Å². The van der Waals surface area contributed by atoms with Crippen molar-refractivity contribution in [3.8, 4) is 0 Å². The Morgan fingerprint density at radius 2 is 1.92 bits per heavy atom. The van der Waals surface area contributed by atoms with E-state index in [1.165, 1.54) is 0 Å². The maximum atomic E-state index is 10.7. The van der Waals surface area contributed by atoms with Gasteiger partial charge in [-0.15, -0.1) is 0 Å². The normalized spacial score (nSPS) is 12.4. The molecule has 1 aromatic carbocycles. The first-order chi connectivity index (χ1) is 5.70. The van der Waals surface area contributed by atoms with Crippen LogP contribution in [0.4, 0.5) is 0 Å². The number of rotatable bonds is 3. The zero-order valence-electron chi connectivity index (χ0n) is 6.34. The molecule has 0 saturated heterocycles. The summed E-state index contributed by atoms with van der Waals surface area (Å²) in [6.07, 6.45) is -1.79. The van der Waals surface area contributed by atoms with Crippen LogP contribution in [0.25, 0.3) is 0 Å². The Labute approximate surface area is 69.6 Å². The number of hydrogen-bond acceptors (Lipinski definition) is 2. The lowest BCUT2D eigenvalue weighted by Crippen LogP contribution is -2.19. The smallest absolute Gasteiger partial charge is 0.262 e. The van der Waals surface area contributed by atoms with Gasteiger partial charge in [-0.3, -0.25) is 10.1 Å². The summed E-state index contributed by atoms with van der Waals surface area (Å²) in [5, 5.41) is 20.7. The van der Waals surface area contributed by atoms with Crippen LogP contribution in [0.1, 0.15) is 5.56 Å². The summed E-state index contributed by atoms with van der Waals surface area (Å²) in [4.78, 5) is 9.18. The van der Waals surface area contributed by atoms with Gasteiger partial charge in [0.2, 0.25) is 0 Å². The molecule has 0 heterocycles. The van der Waals surface area contributed by atoms with Crippen molar-refractivity contribution in [2.45, 2.75) is 12.6 Å². The molecule has 0 saturated carbocycles. The van der Waals surface area contributed by atoms with Crippen molar-refractivity contribution in [2.75, 3.05) is 0 Å². The highest BCUT2D eigenvalue weighted by Crippen LogP contribution is 2.03. The Morgan fingerprint density at radius 1 is 1.33 bits per heavy atom. The number of nitrogens with zero attached hydrogens (tertiary/aromatic N) is 1. The zero-order valence-corrected chi connectivity index (χ0v) is 6.34. The first kappa shape index (κ1) is 8.67. The minimum absolute atomic E-state index is 0.0478. The van der Waals surface area contributed by atoms with Crippen LogP contribution in [-0.4, -0.2) is 11.2 Å². The molecular formula is C8H8NO3. The molecule has 63 valence electrons. The quantitative estimate of drug-likeness (QED) is 0.385. The van der Waals surface area contributed by atoms with E-state index < -0.39 is 11.2 Å². The van der Waals surface area contributed by atoms with Crippen molar-refractivity contribution in [3.63, 3.8) is 0 Å². The third kappa shape index (κ3) is 2.32. The molecule has 12 heavy (non-hydrogen) atoms. The fraction of sp³-hybridized carbons (Fsp3) is 0.250. The zero-order chi connectivity index (χ0) is 8.97. The molecule has 1 aromatic rings. The minimum atomic E-state index is -1.74. The van der Waals surface area contributed by atoms with E-state index in [2.05, 4.69) is 0 Å². The molecule has 4 heteroatoms. The summed E-state index contributed by atoms with van der Waals surface area (Å²) < 4.78 is 0. The van der Waals surface area contributed by atoms with Crippen LogP contribution < -0.4 is 0 Å². The highest BCUT2D eigenvalue weighted by atomic mass is 16.7. The predicted octanol–water partition coefficient (Wildman–Crippen LogP) is 1.26. The van der Waals surface area contributed by atoms with E-state index in [0.29, 0.717) is 5.56 Å². The highest BCUT2D eigenvalue weighted by Gasteiger charge is 2.17. The van der Waals surface area contributed by atoms with Crippen molar-refractivity contribution in [2.24, 2.45) is 0 Å². The van der Waals surface area contributed by atoms with Crippen LogP contribution in [0.3, 0.4) is 0 Å². The molecule has 0 fully saturated rings. The van der Waals surface area contributed by atoms with Gasteiger partial charge < -0.3 is 0 Å². The van der Waals surface area contributed by atoms with E-state index in [9.17, 15) is 15.2 Å². The van der Waals surface area contributed by atoms with Crippen LogP contribution in [0.15, 0.2) is 30.3 Å². The molecule has 0 spiro atoms. The predicted molar refractivity (Wildman–Crippen MR) is 41.6 cm³/mol. The summed E-state index contributed by atoms with van der Waals surface area (Å²) >= 11 is 0. The third-order valence-corrected chi connectivity index (χ3v) is 1.49. The van der Waals surface area contributed by atoms with Gasteiger partial charge in [0.1, 0.15) is 0 Å². The molecule has 0 aliphatic carbocycles. The SMILES string of the molecule is [O]C(Cc1ccccc1)[N+](=O)[O-]. The monoisotopic (exact) mass is 166 g/mol. The molecule has 0 N–H and O–H groups in total. The Morgan fingerprint density at radius 3 is 2.42 bits per heavy atom. The minimum Gasteiger partial charge on any atom is -0.262 e. The largest absolute Gasteiger partial charge is 0.346 e. The molecule has 1 rings (SSSR count). The topological polar surface area (TPSA) is 63.0 Å². The lowest BCUT2D eigenvalue weighted by Gasteiger charge is -1.99. The van der Waals surface area contributed by atoms with E-state index >= 15 is 0 Å². The van der Waals surface area contributed by atoms with Crippen LogP contribution in [-0.2, 0) is 11.5 Å². The Bertz CT molecular complexity index is 260. The fourth-order valence-electron chi connectivity index (χ4n) is 0.890. The maximum absolute atomic E-state index is 10.7. The van der Waals surface area contributed by atoms with Crippen molar-refractivity contribution in [3.05, 3.63) is 46.0 Å². The van der Waals surface area contributed by atoms with Gasteiger partial charge in [0, 0.05) is 0 Å². The van der Waals surface area contributed by atoms with E-state index in [-0.39, 0.29) is 6.42 Å². The number of nitro groups is 1. The molecule has 1 radical (unpaired) electrons. The van der Waals surface area contributed by atoms with E-state index in [1.807, 2.05) is 0 Å². The van der Waals surface area contributed by atoms with Crippen molar-refractivity contribution < 1.29 is 10.0 Å². The van der Waals surface area contributed by atoms with Gasteiger partial charge in [0.15, 0.2) is 0 Å². The van der Waals surface area contributed by atoms with E-state index in [0.717, 1.165) is 0 Å². The first-order valence-corrected chi connectivity index (χ1v) is 3.53.